The number of benzene rings is 2. The molecule has 3 aromatic rings. The molecule has 0 radical (unpaired) electrons. The van der Waals surface area contributed by atoms with Gasteiger partial charge in [0.15, 0.2) is 5.78 Å². The minimum atomic E-state index is -0.726. The van der Waals surface area contributed by atoms with Crippen LogP contribution in [0.15, 0.2) is 64.3 Å². The molecule has 4 rings (SSSR count). The maximum absolute atomic E-state index is 13.5. The maximum Gasteiger partial charge on any atom is 0.200 e. The van der Waals surface area contributed by atoms with E-state index in [-0.39, 0.29) is 11.2 Å². The van der Waals surface area contributed by atoms with E-state index in [1.807, 2.05) is 13.0 Å². The fourth-order valence-corrected chi connectivity index (χ4v) is 3.96. The van der Waals surface area contributed by atoms with Crippen molar-refractivity contribution in [2.75, 3.05) is 26.3 Å². The normalized spacial score (nSPS) is 17.5. The summed E-state index contributed by atoms with van der Waals surface area (Å²) in [6.07, 6.45) is 2.30. The Morgan fingerprint density at radius 2 is 1.86 bits per heavy atom. The highest BCUT2D eigenvalue weighted by Crippen LogP contribution is 2.28. The number of rotatable bonds is 5. The van der Waals surface area contributed by atoms with Gasteiger partial charge in [-0.05, 0) is 43.7 Å². The molecule has 1 saturated heterocycles. The number of fused-ring (bicyclic) bond motifs is 2. The van der Waals surface area contributed by atoms with Crippen LogP contribution in [-0.4, -0.2) is 42.5 Å². The Morgan fingerprint density at radius 3 is 2.61 bits per heavy atom. The van der Waals surface area contributed by atoms with E-state index in [0.717, 1.165) is 0 Å². The first-order valence-corrected chi connectivity index (χ1v) is 9.49. The van der Waals surface area contributed by atoms with Gasteiger partial charge in [0.25, 0.3) is 0 Å². The molecule has 5 heteroatoms. The van der Waals surface area contributed by atoms with Crippen molar-refractivity contribution in [2.45, 2.75) is 18.9 Å². The standard InChI is InChI=1S/C23H23NO4/c1-3-10-23(2,24-11-13-27-14-12-24)22(26)16-8-9-20-18(15-16)21(25)17-6-4-5-7-19(17)28-20/h3-9,15H,1,10-14H2,2H3. The van der Waals surface area contributed by atoms with Crippen molar-refractivity contribution in [1.82, 2.24) is 4.90 Å². The number of para-hydroxylation sites is 1. The van der Waals surface area contributed by atoms with E-state index in [4.69, 9.17) is 9.15 Å². The molecular formula is C23H23NO4. The zero-order valence-electron chi connectivity index (χ0n) is 15.9. The zero-order chi connectivity index (χ0) is 19.7. The lowest BCUT2D eigenvalue weighted by molar-refractivity contribution is -0.00871. The van der Waals surface area contributed by atoms with Gasteiger partial charge in [-0.15, -0.1) is 6.58 Å². The lowest BCUT2D eigenvalue weighted by Gasteiger charge is -2.41. The average molecular weight is 377 g/mol. The Balaban J connectivity index is 1.81. The third-order valence-corrected chi connectivity index (χ3v) is 5.58. The average Bonchev–Trinajstić information content (AvgIpc) is 2.74. The van der Waals surface area contributed by atoms with Crippen LogP contribution in [0, 0.1) is 0 Å². The lowest BCUT2D eigenvalue weighted by atomic mass is 9.85. The van der Waals surface area contributed by atoms with Gasteiger partial charge in [0.05, 0.1) is 29.5 Å². The molecule has 0 saturated carbocycles. The second-order valence-corrected chi connectivity index (χ2v) is 7.33. The number of carbonyl (C=O) groups excluding carboxylic acids is 1. The number of morpholine rings is 1. The molecule has 1 fully saturated rings. The Kier molecular flexibility index (Phi) is 4.87. The second kappa shape index (κ2) is 7.34. The summed E-state index contributed by atoms with van der Waals surface area (Å²) in [5.41, 5.74) is 0.686. The van der Waals surface area contributed by atoms with Gasteiger partial charge >= 0.3 is 0 Å². The fraction of sp³-hybridized carbons (Fsp3) is 0.304. The Hall–Kier alpha value is -2.76. The molecule has 0 spiro atoms. The van der Waals surface area contributed by atoms with E-state index in [9.17, 15) is 9.59 Å². The van der Waals surface area contributed by atoms with Crippen LogP contribution in [0.4, 0.5) is 0 Å². The third-order valence-electron chi connectivity index (χ3n) is 5.58. The maximum atomic E-state index is 13.5. The van der Waals surface area contributed by atoms with Crippen LogP contribution in [0.25, 0.3) is 21.9 Å². The van der Waals surface area contributed by atoms with Crippen LogP contribution in [0.5, 0.6) is 0 Å². The molecule has 1 aromatic heterocycles. The predicted octanol–water partition coefficient (Wildman–Crippen LogP) is 3.80. The summed E-state index contributed by atoms with van der Waals surface area (Å²) in [4.78, 5) is 28.6. The summed E-state index contributed by atoms with van der Waals surface area (Å²) < 4.78 is 11.3. The van der Waals surface area contributed by atoms with Gasteiger partial charge in [0, 0.05) is 18.7 Å². The quantitative estimate of drug-likeness (QED) is 0.385. The molecule has 1 aliphatic rings. The number of carbonyl (C=O) groups is 1. The van der Waals surface area contributed by atoms with Crippen molar-refractivity contribution >= 4 is 27.7 Å². The number of Topliss-reactive ketones (excluding diaryl/α,β-unsaturated/α-hetero) is 1. The molecule has 0 amide bonds. The Labute approximate surface area is 163 Å². The molecule has 0 aliphatic carbocycles. The molecule has 0 bridgehead atoms. The van der Waals surface area contributed by atoms with Crippen molar-refractivity contribution in [1.29, 1.82) is 0 Å². The number of nitrogens with zero attached hydrogens (tertiary/aromatic N) is 1. The summed E-state index contributed by atoms with van der Waals surface area (Å²) in [5.74, 6) is -0.0243. The second-order valence-electron chi connectivity index (χ2n) is 7.33. The van der Waals surface area contributed by atoms with Gasteiger partial charge < -0.3 is 9.15 Å². The summed E-state index contributed by atoms with van der Waals surface area (Å²) in [5, 5.41) is 0.939. The first kappa shape index (κ1) is 18.6. The van der Waals surface area contributed by atoms with Crippen molar-refractivity contribution < 1.29 is 13.9 Å². The van der Waals surface area contributed by atoms with Crippen LogP contribution in [0.2, 0.25) is 0 Å². The highest BCUT2D eigenvalue weighted by molar-refractivity contribution is 6.05. The number of hydrogen-bond acceptors (Lipinski definition) is 5. The summed E-state index contributed by atoms with van der Waals surface area (Å²) in [6.45, 7) is 8.37. The van der Waals surface area contributed by atoms with E-state index >= 15 is 0 Å². The van der Waals surface area contributed by atoms with E-state index in [1.165, 1.54) is 0 Å². The topological polar surface area (TPSA) is 59.8 Å². The SMILES string of the molecule is C=CCC(C)(C(=O)c1ccc2oc3ccccc3c(=O)c2c1)N1CCOCC1. The predicted molar refractivity (Wildman–Crippen MR) is 110 cm³/mol. The zero-order valence-corrected chi connectivity index (χ0v) is 15.9. The largest absolute Gasteiger partial charge is 0.456 e. The molecule has 1 unspecified atom stereocenters. The number of hydrogen-bond donors (Lipinski definition) is 0. The van der Waals surface area contributed by atoms with Crippen LogP contribution >= 0.6 is 0 Å². The molecule has 2 aromatic carbocycles. The molecule has 2 heterocycles. The third kappa shape index (κ3) is 3.07. The highest BCUT2D eigenvalue weighted by Gasteiger charge is 2.39. The molecule has 0 N–H and O–H groups in total. The molecule has 144 valence electrons. The highest BCUT2D eigenvalue weighted by atomic mass is 16.5. The summed E-state index contributed by atoms with van der Waals surface area (Å²) >= 11 is 0. The van der Waals surface area contributed by atoms with Crippen molar-refractivity contribution in [3.63, 3.8) is 0 Å². The van der Waals surface area contributed by atoms with E-state index < -0.39 is 5.54 Å². The van der Waals surface area contributed by atoms with Crippen LogP contribution in [-0.2, 0) is 4.74 Å². The molecule has 5 nitrogen and oxygen atoms in total. The van der Waals surface area contributed by atoms with E-state index in [1.54, 1.807) is 42.5 Å². The van der Waals surface area contributed by atoms with Crippen LogP contribution < -0.4 is 5.43 Å². The minimum absolute atomic E-state index is 0.0243. The molecule has 1 aliphatic heterocycles. The van der Waals surface area contributed by atoms with Crippen LogP contribution in [0.3, 0.4) is 0 Å². The fourth-order valence-electron chi connectivity index (χ4n) is 3.96. The van der Waals surface area contributed by atoms with Gasteiger partial charge in [0.1, 0.15) is 11.2 Å². The van der Waals surface area contributed by atoms with Gasteiger partial charge in [-0.3, -0.25) is 14.5 Å². The number of ether oxygens (including phenoxy) is 1. The van der Waals surface area contributed by atoms with Crippen molar-refractivity contribution in [3.05, 3.63) is 70.9 Å². The van der Waals surface area contributed by atoms with E-state index in [2.05, 4.69) is 11.5 Å². The number of ketones is 1. The Bertz CT molecular complexity index is 1110. The molecule has 28 heavy (non-hydrogen) atoms. The first-order valence-electron chi connectivity index (χ1n) is 9.49. The lowest BCUT2D eigenvalue weighted by Crippen LogP contribution is -2.56. The van der Waals surface area contributed by atoms with Gasteiger partial charge in [0.2, 0.25) is 5.43 Å². The molecule has 1 atom stereocenters. The van der Waals surface area contributed by atoms with Crippen molar-refractivity contribution in [3.8, 4) is 0 Å². The van der Waals surface area contributed by atoms with Crippen LogP contribution in [0.1, 0.15) is 23.7 Å². The summed E-state index contributed by atoms with van der Waals surface area (Å²) in [7, 11) is 0. The van der Waals surface area contributed by atoms with Gasteiger partial charge in [-0.1, -0.05) is 18.2 Å². The first-order chi connectivity index (χ1) is 13.5. The van der Waals surface area contributed by atoms with Crippen molar-refractivity contribution in [2.24, 2.45) is 0 Å². The van der Waals surface area contributed by atoms with E-state index in [0.29, 0.717) is 60.2 Å². The van der Waals surface area contributed by atoms with Gasteiger partial charge in [-0.25, -0.2) is 0 Å². The summed E-state index contributed by atoms with van der Waals surface area (Å²) in [6, 6.07) is 12.3. The van der Waals surface area contributed by atoms with Gasteiger partial charge in [-0.2, -0.15) is 0 Å². The Morgan fingerprint density at radius 1 is 1.14 bits per heavy atom. The monoisotopic (exact) mass is 377 g/mol. The minimum Gasteiger partial charge on any atom is -0.456 e. The smallest absolute Gasteiger partial charge is 0.200 e. The molecular weight excluding hydrogens is 354 g/mol.